The summed E-state index contributed by atoms with van der Waals surface area (Å²) in [6.07, 6.45) is 4.47. The first-order valence-electron chi connectivity index (χ1n) is 7.04. The van der Waals surface area contributed by atoms with Gasteiger partial charge in [0.15, 0.2) is 0 Å². The fourth-order valence-corrected chi connectivity index (χ4v) is 4.66. The lowest BCUT2D eigenvalue weighted by molar-refractivity contribution is 0.199. The SMILES string of the molecule is O=S(=O)(c1ccc(Cl)cc1F)N(CCO)C1CCCCC1. The Morgan fingerprint density at radius 2 is 1.95 bits per heavy atom. The number of nitrogens with zero attached hydrogens (tertiary/aromatic N) is 1. The largest absolute Gasteiger partial charge is 0.395 e. The maximum atomic E-state index is 14.0. The number of benzene rings is 1. The molecule has 1 fully saturated rings. The normalized spacial score (nSPS) is 17.3. The molecule has 1 aromatic carbocycles. The molecule has 1 aromatic rings. The van der Waals surface area contributed by atoms with E-state index in [9.17, 15) is 17.9 Å². The Labute approximate surface area is 129 Å². The molecular weight excluding hydrogens is 317 g/mol. The molecule has 21 heavy (non-hydrogen) atoms. The van der Waals surface area contributed by atoms with Gasteiger partial charge in [-0.15, -0.1) is 0 Å². The fraction of sp³-hybridized carbons (Fsp3) is 0.571. The molecule has 2 rings (SSSR count). The second kappa shape index (κ2) is 7.05. The molecule has 0 heterocycles. The molecule has 4 nitrogen and oxygen atoms in total. The number of rotatable bonds is 5. The van der Waals surface area contributed by atoms with Crippen LogP contribution in [0.4, 0.5) is 4.39 Å². The van der Waals surface area contributed by atoms with E-state index in [1.807, 2.05) is 0 Å². The van der Waals surface area contributed by atoms with Crippen LogP contribution in [0.25, 0.3) is 0 Å². The highest BCUT2D eigenvalue weighted by Gasteiger charge is 2.33. The van der Waals surface area contributed by atoms with E-state index < -0.39 is 15.8 Å². The molecule has 0 bridgehead atoms. The van der Waals surface area contributed by atoms with Crippen LogP contribution in [0.2, 0.25) is 5.02 Å². The van der Waals surface area contributed by atoms with Gasteiger partial charge < -0.3 is 5.11 Å². The Morgan fingerprint density at radius 3 is 2.52 bits per heavy atom. The van der Waals surface area contributed by atoms with Crippen molar-refractivity contribution in [2.24, 2.45) is 0 Å². The molecule has 0 aromatic heterocycles. The van der Waals surface area contributed by atoms with Gasteiger partial charge in [-0.2, -0.15) is 4.31 Å². The van der Waals surface area contributed by atoms with E-state index in [-0.39, 0.29) is 29.1 Å². The average Bonchev–Trinajstić information content (AvgIpc) is 2.45. The molecule has 0 unspecified atom stereocenters. The zero-order valence-corrected chi connectivity index (χ0v) is 13.2. The number of sulfonamides is 1. The number of halogens is 2. The predicted molar refractivity (Wildman–Crippen MR) is 79.3 cm³/mol. The van der Waals surface area contributed by atoms with E-state index in [4.69, 9.17) is 11.6 Å². The summed E-state index contributed by atoms with van der Waals surface area (Å²) >= 11 is 5.67. The Kier molecular flexibility index (Phi) is 5.60. The third kappa shape index (κ3) is 3.74. The molecule has 1 N–H and O–H groups in total. The maximum absolute atomic E-state index is 14.0. The van der Waals surface area contributed by atoms with E-state index >= 15 is 0 Å². The van der Waals surface area contributed by atoms with Gasteiger partial charge in [0.05, 0.1) is 6.61 Å². The van der Waals surface area contributed by atoms with Crippen molar-refractivity contribution < 1.29 is 17.9 Å². The summed E-state index contributed by atoms with van der Waals surface area (Å²) in [5.74, 6) is -0.860. The number of aliphatic hydroxyl groups is 1. The lowest BCUT2D eigenvalue weighted by atomic mass is 9.95. The maximum Gasteiger partial charge on any atom is 0.246 e. The van der Waals surface area contributed by atoms with Crippen molar-refractivity contribution in [1.82, 2.24) is 4.31 Å². The Hall–Kier alpha value is -0.690. The van der Waals surface area contributed by atoms with Crippen LogP contribution in [0.15, 0.2) is 23.1 Å². The summed E-state index contributed by atoms with van der Waals surface area (Å²) in [6, 6.07) is 3.35. The first-order chi connectivity index (χ1) is 9.96. The van der Waals surface area contributed by atoms with Crippen molar-refractivity contribution >= 4 is 21.6 Å². The Morgan fingerprint density at radius 1 is 1.29 bits per heavy atom. The van der Waals surface area contributed by atoms with Gasteiger partial charge in [-0.1, -0.05) is 30.9 Å². The van der Waals surface area contributed by atoms with Crippen molar-refractivity contribution in [3.63, 3.8) is 0 Å². The van der Waals surface area contributed by atoms with Gasteiger partial charge in [-0.3, -0.25) is 0 Å². The van der Waals surface area contributed by atoms with Crippen LogP contribution in [0.3, 0.4) is 0 Å². The van der Waals surface area contributed by atoms with Gasteiger partial charge in [0.25, 0.3) is 0 Å². The smallest absolute Gasteiger partial charge is 0.246 e. The third-order valence-electron chi connectivity index (χ3n) is 3.78. The van der Waals surface area contributed by atoms with Gasteiger partial charge >= 0.3 is 0 Å². The molecule has 7 heteroatoms. The summed E-state index contributed by atoms with van der Waals surface area (Å²) in [4.78, 5) is -0.383. The molecule has 0 atom stereocenters. The van der Waals surface area contributed by atoms with Crippen LogP contribution in [0.1, 0.15) is 32.1 Å². The summed E-state index contributed by atoms with van der Waals surface area (Å²) in [6.45, 7) is -0.306. The third-order valence-corrected chi connectivity index (χ3v) is 6.00. The molecule has 0 radical (unpaired) electrons. The van der Waals surface area contributed by atoms with Crippen LogP contribution >= 0.6 is 11.6 Å². The molecule has 1 aliphatic carbocycles. The second-order valence-electron chi connectivity index (χ2n) is 5.21. The summed E-state index contributed by atoms with van der Waals surface area (Å²) in [5, 5.41) is 9.32. The minimum atomic E-state index is -3.97. The summed E-state index contributed by atoms with van der Waals surface area (Å²) < 4.78 is 40.6. The number of hydrogen-bond acceptors (Lipinski definition) is 3. The summed E-state index contributed by atoms with van der Waals surface area (Å²) in [7, 11) is -3.97. The van der Waals surface area contributed by atoms with E-state index in [0.29, 0.717) is 0 Å². The Bertz CT molecular complexity index is 588. The van der Waals surface area contributed by atoms with Crippen LogP contribution in [0, 0.1) is 5.82 Å². The van der Waals surface area contributed by atoms with E-state index in [0.717, 1.165) is 38.2 Å². The van der Waals surface area contributed by atoms with Gasteiger partial charge in [0.1, 0.15) is 10.7 Å². The highest BCUT2D eigenvalue weighted by atomic mass is 35.5. The summed E-state index contributed by atoms with van der Waals surface area (Å²) in [5.41, 5.74) is 0. The van der Waals surface area contributed by atoms with Crippen LogP contribution in [-0.2, 0) is 10.0 Å². The van der Waals surface area contributed by atoms with Crippen LogP contribution in [0.5, 0.6) is 0 Å². The number of aliphatic hydroxyl groups excluding tert-OH is 1. The van der Waals surface area contributed by atoms with Crippen molar-refractivity contribution in [1.29, 1.82) is 0 Å². The quantitative estimate of drug-likeness (QED) is 0.900. The monoisotopic (exact) mass is 335 g/mol. The zero-order valence-electron chi connectivity index (χ0n) is 11.6. The lowest BCUT2D eigenvalue weighted by Gasteiger charge is -2.33. The minimum absolute atomic E-state index is 0.0188. The van der Waals surface area contributed by atoms with Crippen LogP contribution < -0.4 is 0 Å². The molecule has 1 aliphatic rings. The molecule has 0 spiro atoms. The standard InChI is InChI=1S/C14H19ClFNO3S/c15-11-6-7-14(13(16)10-11)21(19,20)17(8-9-18)12-4-2-1-3-5-12/h6-7,10,12,18H,1-5,8-9H2. The van der Waals surface area contributed by atoms with Crippen molar-refractivity contribution in [2.45, 2.75) is 43.0 Å². The second-order valence-corrected chi connectivity index (χ2v) is 7.50. The van der Waals surface area contributed by atoms with E-state index in [1.54, 1.807) is 0 Å². The number of hydrogen-bond donors (Lipinski definition) is 1. The van der Waals surface area contributed by atoms with Gasteiger partial charge in [-0.05, 0) is 31.0 Å². The van der Waals surface area contributed by atoms with Gasteiger partial charge in [-0.25, -0.2) is 12.8 Å². The Balaban J connectivity index is 2.36. The molecule has 0 amide bonds. The molecular formula is C14H19ClFNO3S. The van der Waals surface area contributed by atoms with Gasteiger partial charge in [0.2, 0.25) is 10.0 Å². The average molecular weight is 336 g/mol. The minimum Gasteiger partial charge on any atom is -0.395 e. The van der Waals surface area contributed by atoms with Crippen molar-refractivity contribution in [2.75, 3.05) is 13.2 Å². The fourth-order valence-electron chi connectivity index (χ4n) is 2.78. The van der Waals surface area contributed by atoms with E-state index in [1.165, 1.54) is 16.4 Å². The first kappa shape index (κ1) is 16.7. The van der Waals surface area contributed by atoms with Crippen molar-refractivity contribution in [3.05, 3.63) is 29.0 Å². The molecule has 118 valence electrons. The predicted octanol–water partition coefficient (Wildman–Crippen LogP) is 2.79. The lowest BCUT2D eigenvalue weighted by Crippen LogP contribution is -2.43. The van der Waals surface area contributed by atoms with Crippen molar-refractivity contribution in [3.8, 4) is 0 Å². The van der Waals surface area contributed by atoms with Gasteiger partial charge in [0, 0.05) is 17.6 Å². The molecule has 1 saturated carbocycles. The first-order valence-corrected chi connectivity index (χ1v) is 8.86. The topological polar surface area (TPSA) is 57.6 Å². The van der Waals surface area contributed by atoms with Crippen LogP contribution in [-0.4, -0.2) is 37.0 Å². The highest BCUT2D eigenvalue weighted by Crippen LogP contribution is 2.29. The highest BCUT2D eigenvalue weighted by molar-refractivity contribution is 7.89. The zero-order chi connectivity index (χ0) is 15.5. The molecule has 0 aliphatic heterocycles. The molecule has 0 saturated heterocycles. The van der Waals surface area contributed by atoms with E-state index in [2.05, 4.69) is 0 Å².